The lowest BCUT2D eigenvalue weighted by molar-refractivity contribution is -0.139. The van der Waals surface area contributed by atoms with Gasteiger partial charge >= 0.3 is 5.97 Å². The first-order valence-electron chi connectivity index (χ1n) is 6.41. The molecule has 1 aliphatic carbocycles. The minimum absolute atomic E-state index is 0.397. The van der Waals surface area contributed by atoms with Crippen LogP contribution in [0.5, 0.6) is 11.5 Å². The van der Waals surface area contributed by atoms with Gasteiger partial charge in [0.15, 0.2) is 11.5 Å². The van der Waals surface area contributed by atoms with E-state index in [2.05, 4.69) is 0 Å². The van der Waals surface area contributed by atoms with E-state index in [9.17, 15) is 9.90 Å². The lowest BCUT2D eigenvalue weighted by Crippen LogP contribution is -2.18. The molecule has 4 heteroatoms. The quantitative estimate of drug-likeness (QED) is 0.828. The summed E-state index contributed by atoms with van der Waals surface area (Å²) >= 11 is 0. The van der Waals surface area contributed by atoms with Crippen LogP contribution in [0.3, 0.4) is 0 Å². The van der Waals surface area contributed by atoms with Gasteiger partial charge in [0.05, 0.1) is 19.1 Å². The summed E-state index contributed by atoms with van der Waals surface area (Å²) in [6.45, 7) is 1.29. The summed E-state index contributed by atoms with van der Waals surface area (Å²) in [5, 5.41) is 9.27. The number of hydrogen-bond donors (Lipinski definition) is 1. The number of carboxylic acid groups (broad SMARTS) is 1. The zero-order valence-corrected chi connectivity index (χ0v) is 10.1. The molecule has 1 aromatic carbocycles. The molecule has 1 atom stereocenters. The maximum Gasteiger partial charge on any atom is 0.310 e. The predicted octanol–water partition coefficient (Wildman–Crippen LogP) is 2.35. The van der Waals surface area contributed by atoms with Crippen LogP contribution < -0.4 is 9.47 Å². The molecule has 96 valence electrons. The summed E-state index contributed by atoms with van der Waals surface area (Å²) in [5.41, 5.74) is 2.00. The molecule has 0 aromatic heterocycles. The number of benzene rings is 1. The SMILES string of the molecule is O=C(O)C1CCCc2cc3c(cc21)OCCCO3. The van der Waals surface area contributed by atoms with Gasteiger partial charge in [0.1, 0.15) is 0 Å². The first-order valence-corrected chi connectivity index (χ1v) is 6.41. The van der Waals surface area contributed by atoms with Crippen molar-refractivity contribution in [1.29, 1.82) is 0 Å². The van der Waals surface area contributed by atoms with Crippen LogP contribution in [0.15, 0.2) is 12.1 Å². The molecular formula is C14H16O4. The molecule has 0 saturated heterocycles. The molecule has 0 fully saturated rings. The third-order valence-electron chi connectivity index (χ3n) is 3.62. The Balaban J connectivity index is 2.05. The van der Waals surface area contributed by atoms with Crippen LogP contribution in [0.1, 0.15) is 36.3 Å². The van der Waals surface area contributed by atoms with E-state index in [1.807, 2.05) is 12.1 Å². The smallest absolute Gasteiger partial charge is 0.310 e. The van der Waals surface area contributed by atoms with Crippen LogP contribution in [0.4, 0.5) is 0 Å². The van der Waals surface area contributed by atoms with Gasteiger partial charge in [-0.05, 0) is 42.5 Å². The van der Waals surface area contributed by atoms with Crippen molar-refractivity contribution in [3.63, 3.8) is 0 Å². The number of ether oxygens (including phenoxy) is 2. The number of fused-ring (bicyclic) bond motifs is 2. The first kappa shape index (κ1) is 11.4. The second-order valence-corrected chi connectivity index (χ2v) is 4.83. The molecule has 0 radical (unpaired) electrons. The Labute approximate surface area is 106 Å². The average molecular weight is 248 g/mol. The van der Waals surface area contributed by atoms with Crippen molar-refractivity contribution in [3.05, 3.63) is 23.3 Å². The topological polar surface area (TPSA) is 55.8 Å². The van der Waals surface area contributed by atoms with Gasteiger partial charge in [-0.1, -0.05) is 0 Å². The number of carbonyl (C=O) groups is 1. The molecule has 0 amide bonds. The van der Waals surface area contributed by atoms with E-state index in [-0.39, 0.29) is 0 Å². The van der Waals surface area contributed by atoms with Crippen molar-refractivity contribution in [2.45, 2.75) is 31.6 Å². The van der Waals surface area contributed by atoms with E-state index in [0.29, 0.717) is 25.4 Å². The second-order valence-electron chi connectivity index (χ2n) is 4.83. The molecule has 3 rings (SSSR count). The van der Waals surface area contributed by atoms with Crippen LogP contribution in [-0.4, -0.2) is 24.3 Å². The molecule has 0 saturated carbocycles. The summed E-state index contributed by atoms with van der Waals surface area (Å²) < 4.78 is 11.3. The van der Waals surface area contributed by atoms with Gasteiger partial charge in [-0.25, -0.2) is 0 Å². The van der Waals surface area contributed by atoms with Gasteiger partial charge in [-0.15, -0.1) is 0 Å². The molecule has 1 unspecified atom stereocenters. The fraction of sp³-hybridized carbons (Fsp3) is 0.500. The maximum atomic E-state index is 11.3. The van der Waals surface area contributed by atoms with E-state index >= 15 is 0 Å². The number of rotatable bonds is 1. The molecule has 0 spiro atoms. The van der Waals surface area contributed by atoms with Crippen molar-refractivity contribution < 1.29 is 19.4 Å². The van der Waals surface area contributed by atoms with Crippen LogP contribution in [0.25, 0.3) is 0 Å². The van der Waals surface area contributed by atoms with E-state index in [1.54, 1.807) is 0 Å². The Morgan fingerprint density at radius 2 is 1.89 bits per heavy atom. The molecule has 2 aliphatic rings. The Kier molecular flexibility index (Phi) is 2.86. The number of aliphatic carboxylic acids is 1. The van der Waals surface area contributed by atoms with E-state index in [0.717, 1.165) is 36.1 Å². The summed E-state index contributed by atoms with van der Waals surface area (Å²) in [4.78, 5) is 11.3. The lowest BCUT2D eigenvalue weighted by Gasteiger charge is -2.23. The van der Waals surface area contributed by atoms with E-state index in [1.165, 1.54) is 0 Å². The summed E-state index contributed by atoms with van der Waals surface area (Å²) in [6, 6.07) is 3.83. The van der Waals surface area contributed by atoms with Gasteiger partial charge in [0.2, 0.25) is 0 Å². The lowest BCUT2D eigenvalue weighted by atomic mass is 9.82. The van der Waals surface area contributed by atoms with Crippen molar-refractivity contribution in [1.82, 2.24) is 0 Å². The third kappa shape index (κ3) is 1.92. The van der Waals surface area contributed by atoms with Crippen molar-refractivity contribution in [3.8, 4) is 11.5 Å². The largest absolute Gasteiger partial charge is 0.490 e. The minimum Gasteiger partial charge on any atom is -0.490 e. The highest BCUT2D eigenvalue weighted by Crippen LogP contribution is 2.40. The van der Waals surface area contributed by atoms with Crippen molar-refractivity contribution in [2.24, 2.45) is 0 Å². The van der Waals surface area contributed by atoms with E-state index < -0.39 is 11.9 Å². The van der Waals surface area contributed by atoms with Gasteiger partial charge in [0, 0.05) is 6.42 Å². The van der Waals surface area contributed by atoms with E-state index in [4.69, 9.17) is 9.47 Å². The molecule has 1 aromatic rings. The molecule has 1 N–H and O–H groups in total. The summed E-state index contributed by atoms with van der Waals surface area (Å²) in [6.07, 6.45) is 3.42. The number of aryl methyl sites for hydroxylation is 1. The molecule has 4 nitrogen and oxygen atoms in total. The van der Waals surface area contributed by atoms with Crippen LogP contribution >= 0.6 is 0 Å². The Hall–Kier alpha value is -1.71. The van der Waals surface area contributed by atoms with Crippen molar-refractivity contribution >= 4 is 5.97 Å². The number of hydrogen-bond acceptors (Lipinski definition) is 3. The molecule has 1 heterocycles. The van der Waals surface area contributed by atoms with Crippen LogP contribution in [-0.2, 0) is 11.2 Å². The zero-order chi connectivity index (χ0) is 12.5. The monoisotopic (exact) mass is 248 g/mol. The fourth-order valence-corrected chi connectivity index (χ4v) is 2.72. The highest BCUT2D eigenvalue weighted by atomic mass is 16.5. The zero-order valence-electron chi connectivity index (χ0n) is 10.1. The molecule has 0 bridgehead atoms. The van der Waals surface area contributed by atoms with Gasteiger partial charge in [-0.3, -0.25) is 4.79 Å². The molecule has 1 aliphatic heterocycles. The highest BCUT2D eigenvalue weighted by Gasteiger charge is 2.28. The molecule has 18 heavy (non-hydrogen) atoms. The minimum atomic E-state index is -0.745. The second kappa shape index (κ2) is 4.52. The number of carboxylic acids is 1. The highest BCUT2D eigenvalue weighted by molar-refractivity contribution is 5.77. The Morgan fingerprint density at radius 1 is 1.17 bits per heavy atom. The first-order chi connectivity index (χ1) is 8.75. The van der Waals surface area contributed by atoms with Crippen LogP contribution in [0.2, 0.25) is 0 Å². The van der Waals surface area contributed by atoms with Crippen LogP contribution in [0, 0.1) is 0 Å². The van der Waals surface area contributed by atoms with Gasteiger partial charge in [0.25, 0.3) is 0 Å². The maximum absolute atomic E-state index is 11.3. The Morgan fingerprint density at radius 3 is 2.61 bits per heavy atom. The third-order valence-corrected chi connectivity index (χ3v) is 3.62. The fourth-order valence-electron chi connectivity index (χ4n) is 2.72. The molecular weight excluding hydrogens is 232 g/mol. The predicted molar refractivity (Wildman–Crippen MR) is 65.4 cm³/mol. The van der Waals surface area contributed by atoms with Gasteiger partial charge in [-0.2, -0.15) is 0 Å². The van der Waals surface area contributed by atoms with Crippen molar-refractivity contribution in [2.75, 3.05) is 13.2 Å². The summed E-state index contributed by atoms with van der Waals surface area (Å²) in [5.74, 6) is 0.313. The summed E-state index contributed by atoms with van der Waals surface area (Å²) in [7, 11) is 0. The van der Waals surface area contributed by atoms with Gasteiger partial charge < -0.3 is 14.6 Å². The normalized spacial score (nSPS) is 21.9. The Bertz CT molecular complexity index is 481. The standard InChI is InChI=1S/C14H16O4/c15-14(16)10-4-1-3-9-7-12-13(8-11(9)10)18-6-2-5-17-12/h7-8,10H,1-6H2,(H,15,16). The average Bonchev–Trinajstić information content (AvgIpc) is 2.59.